The monoisotopic (exact) mass is 544 g/mol. The van der Waals surface area contributed by atoms with Crippen LogP contribution in [0.5, 0.6) is 5.75 Å². The zero-order valence-corrected chi connectivity index (χ0v) is 23.1. The van der Waals surface area contributed by atoms with Gasteiger partial charge in [0.15, 0.2) is 5.75 Å². The summed E-state index contributed by atoms with van der Waals surface area (Å²) in [5, 5.41) is 17.8. The van der Waals surface area contributed by atoms with E-state index < -0.39 is 12.1 Å². The molecule has 1 aliphatic carbocycles. The summed E-state index contributed by atoms with van der Waals surface area (Å²) >= 11 is 0. The molecular weight excluding hydrogens is 508 g/mol. The van der Waals surface area contributed by atoms with Crippen molar-refractivity contribution in [1.29, 1.82) is 0 Å². The van der Waals surface area contributed by atoms with Crippen LogP contribution in [0.15, 0.2) is 60.7 Å². The van der Waals surface area contributed by atoms with Crippen molar-refractivity contribution < 1.29 is 24.2 Å². The van der Waals surface area contributed by atoms with Gasteiger partial charge in [-0.25, -0.2) is 4.79 Å². The fourth-order valence-corrected chi connectivity index (χ4v) is 5.04. The van der Waals surface area contributed by atoms with Gasteiger partial charge in [0.05, 0.1) is 36.1 Å². The second-order valence-electron chi connectivity index (χ2n) is 10.9. The molecule has 0 radical (unpaired) electrons. The van der Waals surface area contributed by atoms with Crippen LogP contribution >= 0.6 is 0 Å². The smallest absolute Gasteiger partial charge is 0.321 e. The highest BCUT2D eigenvalue weighted by molar-refractivity contribution is 6.03. The molecule has 210 valence electrons. The van der Waals surface area contributed by atoms with Crippen molar-refractivity contribution in [3.05, 3.63) is 66.2 Å². The molecule has 5 rings (SSSR count). The van der Waals surface area contributed by atoms with Gasteiger partial charge < -0.3 is 30.3 Å². The van der Waals surface area contributed by atoms with Gasteiger partial charge >= 0.3 is 6.03 Å². The second-order valence-corrected chi connectivity index (χ2v) is 10.9. The van der Waals surface area contributed by atoms with Gasteiger partial charge in [-0.1, -0.05) is 49.4 Å². The summed E-state index contributed by atoms with van der Waals surface area (Å²) in [6.07, 6.45) is 1.19. The number of anilines is 2. The fourth-order valence-electron chi connectivity index (χ4n) is 5.04. The number of aliphatic hydroxyl groups excluding tert-OH is 1. The van der Waals surface area contributed by atoms with Crippen LogP contribution in [0.25, 0.3) is 10.8 Å². The van der Waals surface area contributed by atoms with Gasteiger partial charge in [0.25, 0.3) is 5.91 Å². The lowest BCUT2D eigenvalue weighted by Gasteiger charge is -2.38. The molecule has 2 aliphatic rings. The van der Waals surface area contributed by atoms with Gasteiger partial charge in [-0.05, 0) is 43.4 Å². The molecule has 0 saturated heterocycles. The summed E-state index contributed by atoms with van der Waals surface area (Å²) in [6.45, 7) is 4.14. The molecule has 0 unspecified atom stereocenters. The van der Waals surface area contributed by atoms with Crippen molar-refractivity contribution in [3.63, 3.8) is 0 Å². The van der Waals surface area contributed by atoms with Gasteiger partial charge in [0.1, 0.15) is 6.10 Å². The average Bonchev–Trinajstić information content (AvgIpc) is 3.81. The first-order valence-electron chi connectivity index (χ1n) is 13.8. The van der Waals surface area contributed by atoms with Crippen molar-refractivity contribution in [2.45, 2.75) is 38.8 Å². The van der Waals surface area contributed by atoms with E-state index in [1.165, 1.54) is 0 Å². The average molecular weight is 545 g/mol. The molecule has 3 atom stereocenters. The molecule has 3 aromatic carbocycles. The second kappa shape index (κ2) is 11.6. The fraction of sp³-hybridized carbons (Fsp3) is 0.387. The standard InChI is InChI=1S/C31H36N4O5/c1-19-16-35(20(2)18-36)30(38)24-11-7-13-26(32-29(37)22-14-15-22)28(24)40-27(19)17-34(3)31(39)33-25-12-6-9-21-8-4-5-10-23(21)25/h4-13,19-20,22,27,36H,14-18H2,1-3H3,(H,32,37)(H,33,39)/t19-,20+,27+/m0/s1. The Morgan fingerprint density at radius 3 is 2.50 bits per heavy atom. The Kier molecular flexibility index (Phi) is 7.93. The maximum Gasteiger partial charge on any atom is 0.321 e. The number of fused-ring (bicyclic) bond motifs is 2. The zero-order valence-electron chi connectivity index (χ0n) is 23.1. The van der Waals surface area contributed by atoms with Gasteiger partial charge in [-0.15, -0.1) is 0 Å². The number of hydrogen-bond donors (Lipinski definition) is 3. The van der Waals surface area contributed by atoms with Crippen LogP contribution in [-0.4, -0.2) is 71.6 Å². The largest absolute Gasteiger partial charge is 0.485 e. The summed E-state index contributed by atoms with van der Waals surface area (Å²) < 4.78 is 6.51. The van der Waals surface area contributed by atoms with Gasteiger partial charge in [0, 0.05) is 30.8 Å². The number of amides is 4. The summed E-state index contributed by atoms with van der Waals surface area (Å²) in [5.41, 5.74) is 1.46. The molecule has 1 fully saturated rings. The van der Waals surface area contributed by atoms with Crippen LogP contribution in [0, 0.1) is 11.8 Å². The van der Waals surface area contributed by atoms with Crippen molar-refractivity contribution in [2.24, 2.45) is 11.8 Å². The SMILES string of the molecule is C[C@H](CO)N1C[C@H](C)[C@@H](CN(C)C(=O)Nc2cccc3ccccc23)Oc2c(NC(=O)C3CC3)cccc2C1=O. The quantitative estimate of drug-likeness (QED) is 0.404. The number of nitrogens with one attached hydrogen (secondary N) is 2. The van der Waals surface area contributed by atoms with Gasteiger partial charge in [-0.3, -0.25) is 9.59 Å². The third kappa shape index (κ3) is 5.74. The topological polar surface area (TPSA) is 111 Å². The van der Waals surface area contributed by atoms with E-state index in [0.717, 1.165) is 23.6 Å². The number of nitrogens with zero attached hydrogens (tertiary/aromatic N) is 2. The number of carbonyl (C=O) groups excluding carboxylic acids is 3. The van der Waals surface area contributed by atoms with Gasteiger partial charge in [0.2, 0.25) is 5.91 Å². The molecule has 1 heterocycles. The lowest BCUT2D eigenvalue weighted by atomic mass is 9.99. The van der Waals surface area contributed by atoms with E-state index in [0.29, 0.717) is 23.5 Å². The van der Waals surface area contributed by atoms with E-state index in [1.807, 2.05) is 49.4 Å². The number of aliphatic hydroxyl groups is 1. The number of rotatable bonds is 7. The Labute approximate surface area is 234 Å². The minimum absolute atomic E-state index is 0.0235. The Morgan fingerprint density at radius 2 is 1.75 bits per heavy atom. The molecule has 0 aromatic heterocycles. The molecule has 1 aliphatic heterocycles. The lowest BCUT2D eigenvalue weighted by Crippen LogP contribution is -2.50. The summed E-state index contributed by atoms with van der Waals surface area (Å²) in [7, 11) is 1.70. The van der Waals surface area contributed by atoms with E-state index in [4.69, 9.17) is 4.74 Å². The minimum Gasteiger partial charge on any atom is -0.485 e. The summed E-state index contributed by atoms with van der Waals surface area (Å²) in [5.74, 6) is -0.290. The molecule has 4 amide bonds. The first-order chi connectivity index (χ1) is 19.3. The molecule has 1 saturated carbocycles. The third-order valence-corrected chi connectivity index (χ3v) is 7.73. The Hall–Kier alpha value is -4.11. The predicted octanol–water partition coefficient (Wildman–Crippen LogP) is 4.57. The number of para-hydroxylation sites is 1. The van der Waals surface area contributed by atoms with E-state index in [1.54, 1.807) is 42.0 Å². The van der Waals surface area contributed by atoms with E-state index in [9.17, 15) is 19.5 Å². The molecule has 3 N–H and O–H groups in total. The predicted molar refractivity (Wildman–Crippen MR) is 155 cm³/mol. The molecule has 0 bridgehead atoms. The van der Waals surface area contributed by atoms with Crippen LogP contribution in [0.3, 0.4) is 0 Å². The van der Waals surface area contributed by atoms with E-state index in [2.05, 4.69) is 10.6 Å². The first kappa shape index (κ1) is 27.5. The molecular formula is C31H36N4O5. The van der Waals surface area contributed by atoms with Crippen molar-refractivity contribution in [2.75, 3.05) is 37.4 Å². The maximum atomic E-state index is 13.6. The highest BCUT2D eigenvalue weighted by Crippen LogP contribution is 2.37. The molecule has 0 spiro atoms. The normalized spacial score (nSPS) is 19.6. The van der Waals surface area contributed by atoms with Gasteiger partial charge in [-0.2, -0.15) is 0 Å². The number of ether oxygens (including phenoxy) is 1. The Morgan fingerprint density at radius 1 is 1.05 bits per heavy atom. The van der Waals surface area contributed by atoms with Crippen LogP contribution in [-0.2, 0) is 4.79 Å². The van der Waals surface area contributed by atoms with Crippen LogP contribution in [0.2, 0.25) is 0 Å². The molecule has 9 heteroatoms. The maximum absolute atomic E-state index is 13.6. The number of hydrogen-bond acceptors (Lipinski definition) is 5. The number of urea groups is 1. The highest BCUT2D eigenvalue weighted by Gasteiger charge is 2.36. The van der Waals surface area contributed by atoms with E-state index >= 15 is 0 Å². The van der Waals surface area contributed by atoms with Crippen LogP contribution in [0.4, 0.5) is 16.2 Å². The molecule has 3 aromatic rings. The van der Waals surface area contributed by atoms with Crippen molar-refractivity contribution >= 4 is 40.0 Å². The van der Waals surface area contributed by atoms with Crippen molar-refractivity contribution in [1.82, 2.24) is 9.80 Å². The molecule has 9 nitrogen and oxygen atoms in total. The Balaban J connectivity index is 1.42. The first-order valence-corrected chi connectivity index (χ1v) is 13.8. The Bertz CT molecular complexity index is 1420. The summed E-state index contributed by atoms with van der Waals surface area (Å²) in [4.78, 5) is 42.8. The highest BCUT2D eigenvalue weighted by atomic mass is 16.5. The van der Waals surface area contributed by atoms with Crippen molar-refractivity contribution in [3.8, 4) is 5.75 Å². The number of benzene rings is 3. The number of carbonyl (C=O) groups is 3. The number of likely N-dealkylation sites (N-methyl/N-ethyl adjacent to an activating group) is 1. The summed E-state index contributed by atoms with van der Waals surface area (Å²) in [6, 6.07) is 18.0. The van der Waals surface area contributed by atoms with Crippen LogP contribution in [0.1, 0.15) is 37.0 Å². The lowest BCUT2D eigenvalue weighted by molar-refractivity contribution is -0.117. The van der Waals surface area contributed by atoms with E-state index in [-0.39, 0.29) is 48.6 Å². The minimum atomic E-state index is -0.498. The third-order valence-electron chi connectivity index (χ3n) is 7.73. The zero-order chi connectivity index (χ0) is 28.4. The van der Waals surface area contributed by atoms with Crippen LogP contribution < -0.4 is 15.4 Å². The molecule has 40 heavy (non-hydrogen) atoms.